The van der Waals surface area contributed by atoms with E-state index in [9.17, 15) is 9.90 Å². The fourth-order valence-corrected chi connectivity index (χ4v) is 2.00. The van der Waals surface area contributed by atoms with Crippen LogP contribution >= 0.6 is 0 Å². The van der Waals surface area contributed by atoms with E-state index in [1.165, 1.54) is 12.8 Å². The third-order valence-electron chi connectivity index (χ3n) is 3.41. The van der Waals surface area contributed by atoms with Gasteiger partial charge in [-0.2, -0.15) is 0 Å². The smallest absolute Gasteiger partial charge is 0.141 e. The van der Waals surface area contributed by atoms with Crippen molar-refractivity contribution in [3.05, 3.63) is 0 Å². The van der Waals surface area contributed by atoms with Gasteiger partial charge in [0.15, 0.2) is 0 Å². The number of carbonyl (C=O) groups excluding carboxylic acids is 1. The van der Waals surface area contributed by atoms with Gasteiger partial charge in [-0.15, -0.1) is 0 Å². The Balaban J connectivity index is 2.71. The molecule has 2 nitrogen and oxygen atoms in total. The molecule has 2 heteroatoms. The van der Waals surface area contributed by atoms with Crippen LogP contribution < -0.4 is 0 Å². The number of aliphatic hydroxyl groups excluding tert-OH is 1. The lowest BCUT2D eigenvalue weighted by molar-refractivity contribution is -0.135. The largest absolute Gasteiger partial charge is 0.392 e. The second-order valence-electron chi connectivity index (χ2n) is 4.43. The van der Waals surface area contributed by atoms with Gasteiger partial charge in [0.25, 0.3) is 0 Å². The van der Waals surface area contributed by atoms with Crippen LogP contribution in [0.2, 0.25) is 0 Å². The summed E-state index contributed by atoms with van der Waals surface area (Å²) in [7, 11) is 0. The lowest BCUT2D eigenvalue weighted by atomic mass is 9.73. The summed E-state index contributed by atoms with van der Waals surface area (Å²) >= 11 is 0. The Kier molecular flexibility index (Phi) is 3.48. The maximum absolute atomic E-state index is 11.8. The van der Waals surface area contributed by atoms with E-state index in [1.807, 2.05) is 6.92 Å². The van der Waals surface area contributed by atoms with Crippen molar-refractivity contribution in [1.29, 1.82) is 0 Å². The minimum Gasteiger partial charge on any atom is -0.392 e. The standard InChI is InChI=1S/C11H20O2/c1-9(12)11(2)8-6-4-3-5-7-10(11)13/h9,12H,3-8H2,1-2H3/t9-,11+/m1/s1. The van der Waals surface area contributed by atoms with Crippen LogP contribution in [0.3, 0.4) is 0 Å². The first-order valence-corrected chi connectivity index (χ1v) is 5.29. The molecule has 1 aliphatic rings. The lowest BCUT2D eigenvalue weighted by Crippen LogP contribution is -2.38. The number of rotatable bonds is 1. The van der Waals surface area contributed by atoms with Crippen LogP contribution in [0.5, 0.6) is 0 Å². The van der Waals surface area contributed by atoms with Gasteiger partial charge in [-0.05, 0) is 19.8 Å². The van der Waals surface area contributed by atoms with Gasteiger partial charge >= 0.3 is 0 Å². The predicted molar refractivity (Wildman–Crippen MR) is 52.5 cm³/mol. The molecule has 0 bridgehead atoms. The maximum atomic E-state index is 11.8. The Morgan fingerprint density at radius 1 is 1.31 bits per heavy atom. The van der Waals surface area contributed by atoms with Crippen molar-refractivity contribution in [3.8, 4) is 0 Å². The van der Waals surface area contributed by atoms with Crippen LogP contribution in [-0.2, 0) is 4.79 Å². The van der Waals surface area contributed by atoms with Gasteiger partial charge in [0, 0.05) is 6.42 Å². The van der Waals surface area contributed by atoms with Crippen LogP contribution in [-0.4, -0.2) is 17.0 Å². The van der Waals surface area contributed by atoms with E-state index in [-0.39, 0.29) is 5.78 Å². The summed E-state index contributed by atoms with van der Waals surface area (Å²) in [5, 5.41) is 9.60. The molecule has 76 valence electrons. The molecular weight excluding hydrogens is 164 g/mol. The fourth-order valence-electron chi connectivity index (χ4n) is 2.00. The van der Waals surface area contributed by atoms with Crippen molar-refractivity contribution in [1.82, 2.24) is 0 Å². The monoisotopic (exact) mass is 184 g/mol. The van der Waals surface area contributed by atoms with E-state index < -0.39 is 11.5 Å². The average Bonchev–Trinajstić information content (AvgIpc) is 2.07. The van der Waals surface area contributed by atoms with E-state index >= 15 is 0 Å². The molecule has 1 rings (SSSR count). The van der Waals surface area contributed by atoms with Crippen LogP contribution in [0.4, 0.5) is 0 Å². The van der Waals surface area contributed by atoms with Gasteiger partial charge in [0.2, 0.25) is 0 Å². The van der Waals surface area contributed by atoms with Crippen LogP contribution in [0, 0.1) is 5.41 Å². The molecule has 1 aliphatic carbocycles. The minimum atomic E-state index is -0.502. The van der Waals surface area contributed by atoms with Gasteiger partial charge in [-0.1, -0.05) is 26.2 Å². The molecule has 0 aromatic carbocycles. The normalized spacial score (nSPS) is 33.6. The van der Waals surface area contributed by atoms with E-state index in [1.54, 1.807) is 6.92 Å². The highest BCUT2D eigenvalue weighted by molar-refractivity contribution is 5.85. The molecular formula is C11H20O2. The SMILES string of the molecule is C[C@@H](O)[C@]1(C)CCCCCCC1=O. The molecule has 13 heavy (non-hydrogen) atoms. The van der Waals surface area contributed by atoms with E-state index in [2.05, 4.69) is 0 Å². The van der Waals surface area contributed by atoms with Gasteiger partial charge in [-0.25, -0.2) is 0 Å². The number of Topliss-reactive ketones (excluding diaryl/α,β-unsaturated/α-hetero) is 1. The molecule has 0 saturated heterocycles. The first-order valence-electron chi connectivity index (χ1n) is 5.29. The summed E-state index contributed by atoms with van der Waals surface area (Å²) in [6.45, 7) is 3.64. The van der Waals surface area contributed by atoms with E-state index in [0.29, 0.717) is 6.42 Å². The number of aliphatic hydroxyl groups is 1. The summed E-state index contributed by atoms with van der Waals surface area (Å²) in [4.78, 5) is 11.8. The van der Waals surface area contributed by atoms with E-state index in [4.69, 9.17) is 0 Å². The maximum Gasteiger partial charge on any atom is 0.141 e. The topological polar surface area (TPSA) is 37.3 Å². The zero-order chi connectivity index (χ0) is 9.90. The van der Waals surface area contributed by atoms with Crippen LogP contribution in [0.1, 0.15) is 52.4 Å². The molecule has 0 aromatic rings. The summed E-state index contributed by atoms with van der Waals surface area (Å²) in [5.74, 6) is 0.252. The Hall–Kier alpha value is -0.370. The Bertz CT molecular complexity index is 187. The zero-order valence-electron chi connectivity index (χ0n) is 8.68. The van der Waals surface area contributed by atoms with Gasteiger partial charge in [0.1, 0.15) is 5.78 Å². The third kappa shape index (κ3) is 2.31. The van der Waals surface area contributed by atoms with Crippen molar-refractivity contribution in [3.63, 3.8) is 0 Å². The highest BCUT2D eigenvalue weighted by Gasteiger charge is 2.37. The van der Waals surface area contributed by atoms with Gasteiger partial charge < -0.3 is 5.11 Å². The molecule has 0 amide bonds. The molecule has 0 heterocycles. The van der Waals surface area contributed by atoms with Crippen molar-refractivity contribution in [2.75, 3.05) is 0 Å². The first-order chi connectivity index (χ1) is 6.07. The van der Waals surface area contributed by atoms with Gasteiger partial charge in [0.05, 0.1) is 11.5 Å². The van der Waals surface area contributed by atoms with Crippen molar-refractivity contribution in [2.45, 2.75) is 58.5 Å². The van der Waals surface area contributed by atoms with Crippen molar-refractivity contribution in [2.24, 2.45) is 5.41 Å². The summed E-state index contributed by atoms with van der Waals surface area (Å²) < 4.78 is 0. The van der Waals surface area contributed by atoms with Crippen molar-refractivity contribution < 1.29 is 9.90 Å². The highest BCUT2D eigenvalue weighted by Crippen LogP contribution is 2.33. The van der Waals surface area contributed by atoms with E-state index in [0.717, 1.165) is 19.3 Å². The lowest BCUT2D eigenvalue weighted by Gasteiger charge is -2.32. The molecule has 0 radical (unpaired) electrons. The molecule has 1 saturated carbocycles. The summed E-state index contributed by atoms with van der Waals surface area (Å²) in [6, 6.07) is 0. The van der Waals surface area contributed by atoms with Crippen LogP contribution in [0.15, 0.2) is 0 Å². The zero-order valence-corrected chi connectivity index (χ0v) is 8.68. The molecule has 0 aromatic heterocycles. The third-order valence-corrected chi connectivity index (χ3v) is 3.41. The second kappa shape index (κ2) is 4.23. The fraction of sp³-hybridized carbons (Fsp3) is 0.909. The number of hydrogen-bond acceptors (Lipinski definition) is 2. The Morgan fingerprint density at radius 3 is 2.54 bits per heavy atom. The van der Waals surface area contributed by atoms with Crippen LogP contribution in [0.25, 0.3) is 0 Å². The quantitative estimate of drug-likeness (QED) is 0.679. The average molecular weight is 184 g/mol. The molecule has 2 atom stereocenters. The molecule has 0 aliphatic heterocycles. The Morgan fingerprint density at radius 2 is 1.92 bits per heavy atom. The molecule has 0 unspecified atom stereocenters. The highest BCUT2D eigenvalue weighted by atomic mass is 16.3. The summed E-state index contributed by atoms with van der Waals surface area (Å²) in [5.41, 5.74) is -0.472. The predicted octanol–water partition coefficient (Wildman–Crippen LogP) is 2.30. The number of hydrogen-bond donors (Lipinski definition) is 1. The Labute approximate surface area is 80.3 Å². The molecule has 0 spiro atoms. The first kappa shape index (κ1) is 10.7. The minimum absolute atomic E-state index is 0.252. The molecule has 1 fully saturated rings. The second-order valence-corrected chi connectivity index (χ2v) is 4.43. The van der Waals surface area contributed by atoms with Crippen molar-refractivity contribution >= 4 is 5.78 Å². The van der Waals surface area contributed by atoms with Gasteiger partial charge in [-0.3, -0.25) is 4.79 Å². The summed E-state index contributed by atoms with van der Waals surface area (Å²) in [6.07, 6.45) is 5.45. The number of carbonyl (C=O) groups is 1. The molecule has 1 N–H and O–H groups in total. The number of ketones is 1.